The molecule has 4 N–H and O–H groups in total. The molecule has 182 valence electrons. The van der Waals surface area contributed by atoms with Gasteiger partial charge in [-0.3, -0.25) is 15.4 Å². The van der Waals surface area contributed by atoms with Crippen LogP contribution in [0.2, 0.25) is 0 Å². The number of nitrogens with one attached hydrogen (secondary N) is 4. The molecule has 0 unspecified atom stereocenters. The van der Waals surface area contributed by atoms with E-state index in [0.717, 1.165) is 41.4 Å². The number of hydrogen-bond acceptors (Lipinski definition) is 5. The number of carbonyl (C=O) groups excluding carboxylic acids is 1. The van der Waals surface area contributed by atoms with Gasteiger partial charge in [-0.25, -0.2) is 9.78 Å². The lowest BCUT2D eigenvalue weighted by molar-refractivity contribution is 0.0636. The zero-order chi connectivity index (χ0) is 23.7. The van der Waals surface area contributed by atoms with Gasteiger partial charge in [0, 0.05) is 31.4 Å². The molecule has 10 heteroatoms. The van der Waals surface area contributed by atoms with E-state index >= 15 is 0 Å². The SMILES string of the molecule is CN=C(NCCc1ccc(NC(=O)OC(C)(C)C)cc1)NCc1cccc(-c2ncn[nH]2)c1.I. The van der Waals surface area contributed by atoms with E-state index in [4.69, 9.17) is 4.74 Å². The number of aromatic amines is 1. The van der Waals surface area contributed by atoms with E-state index in [0.29, 0.717) is 12.2 Å². The first kappa shape index (κ1) is 27.1. The van der Waals surface area contributed by atoms with Crippen molar-refractivity contribution in [2.24, 2.45) is 4.99 Å². The standard InChI is InChI=1S/C24H31N7O2.HI/c1-24(2,3)33-23(32)30-20-10-8-17(9-11-20)12-13-26-22(25-4)27-15-18-6-5-7-19(14-18)21-28-16-29-31-21;/h5-11,14,16H,12-13,15H2,1-4H3,(H,30,32)(H2,25,26,27)(H,28,29,31);1H. The Morgan fingerprint density at radius 3 is 2.50 bits per heavy atom. The molecule has 0 saturated heterocycles. The fraction of sp³-hybridized carbons (Fsp3) is 0.333. The van der Waals surface area contributed by atoms with Gasteiger partial charge in [-0.15, -0.1) is 24.0 Å². The fourth-order valence-electron chi connectivity index (χ4n) is 3.08. The highest BCUT2D eigenvalue weighted by Gasteiger charge is 2.16. The van der Waals surface area contributed by atoms with E-state index in [1.807, 2.05) is 63.2 Å². The van der Waals surface area contributed by atoms with Gasteiger partial charge in [0.25, 0.3) is 0 Å². The van der Waals surface area contributed by atoms with E-state index in [-0.39, 0.29) is 24.0 Å². The first-order chi connectivity index (χ1) is 15.8. The Morgan fingerprint density at radius 1 is 1.09 bits per heavy atom. The number of guanidine groups is 1. The van der Waals surface area contributed by atoms with Crippen molar-refractivity contribution in [3.8, 4) is 11.4 Å². The molecule has 0 saturated carbocycles. The average molecular weight is 577 g/mol. The van der Waals surface area contributed by atoms with Crippen molar-refractivity contribution >= 4 is 41.7 Å². The van der Waals surface area contributed by atoms with Gasteiger partial charge in [-0.2, -0.15) is 5.10 Å². The quantitative estimate of drug-likeness (QED) is 0.189. The highest BCUT2D eigenvalue weighted by atomic mass is 127. The predicted molar refractivity (Wildman–Crippen MR) is 145 cm³/mol. The van der Waals surface area contributed by atoms with E-state index in [9.17, 15) is 4.79 Å². The highest BCUT2D eigenvalue weighted by Crippen LogP contribution is 2.15. The molecular weight excluding hydrogens is 545 g/mol. The zero-order valence-electron chi connectivity index (χ0n) is 19.9. The molecule has 1 heterocycles. The van der Waals surface area contributed by atoms with Gasteiger partial charge in [0.15, 0.2) is 11.8 Å². The summed E-state index contributed by atoms with van der Waals surface area (Å²) in [5, 5.41) is 16.2. The number of hydrogen-bond donors (Lipinski definition) is 4. The van der Waals surface area contributed by atoms with Crippen LogP contribution >= 0.6 is 24.0 Å². The van der Waals surface area contributed by atoms with Crippen molar-refractivity contribution in [1.82, 2.24) is 25.8 Å². The number of H-pyrrole nitrogens is 1. The van der Waals surface area contributed by atoms with Gasteiger partial charge in [0.05, 0.1) is 0 Å². The number of anilines is 1. The lowest BCUT2D eigenvalue weighted by atomic mass is 10.1. The number of aliphatic imine (C=N–C) groups is 1. The molecular formula is C24H32IN7O2. The number of nitrogens with zero attached hydrogens (tertiary/aromatic N) is 3. The lowest BCUT2D eigenvalue weighted by Crippen LogP contribution is -2.37. The summed E-state index contributed by atoms with van der Waals surface area (Å²) in [7, 11) is 1.75. The summed E-state index contributed by atoms with van der Waals surface area (Å²) in [6.07, 6.45) is 1.85. The number of carbonyl (C=O) groups is 1. The maximum Gasteiger partial charge on any atom is 0.412 e. The third-order valence-corrected chi connectivity index (χ3v) is 4.60. The Labute approximate surface area is 217 Å². The Morgan fingerprint density at radius 2 is 1.85 bits per heavy atom. The van der Waals surface area contributed by atoms with Gasteiger partial charge >= 0.3 is 6.09 Å². The normalized spacial score (nSPS) is 11.4. The first-order valence-electron chi connectivity index (χ1n) is 10.8. The molecule has 0 atom stereocenters. The average Bonchev–Trinajstić information content (AvgIpc) is 3.31. The molecule has 0 aliphatic carbocycles. The van der Waals surface area contributed by atoms with Crippen LogP contribution in [0.1, 0.15) is 31.9 Å². The van der Waals surface area contributed by atoms with Gasteiger partial charge < -0.3 is 15.4 Å². The highest BCUT2D eigenvalue weighted by molar-refractivity contribution is 14.0. The van der Waals surface area contributed by atoms with Gasteiger partial charge in [0.2, 0.25) is 0 Å². The molecule has 34 heavy (non-hydrogen) atoms. The summed E-state index contributed by atoms with van der Waals surface area (Å²) in [5.74, 6) is 1.47. The number of amides is 1. The van der Waals surface area contributed by atoms with Crippen LogP contribution in [-0.2, 0) is 17.7 Å². The molecule has 1 amide bonds. The summed E-state index contributed by atoms with van der Waals surface area (Å²) >= 11 is 0. The molecule has 0 radical (unpaired) electrons. The number of halogens is 1. The van der Waals surface area contributed by atoms with Crippen LogP contribution in [-0.4, -0.2) is 46.4 Å². The summed E-state index contributed by atoms with van der Waals surface area (Å²) in [5.41, 5.74) is 3.42. The summed E-state index contributed by atoms with van der Waals surface area (Å²) < 4.78 is 5.27. The molecule has 0 aliphatic rings. The zero-order valence-corrected chi connectivity index (χ0v) is 22.2. The number of rotatable bonds is 7. The van der Waals surface area contributed by atoms with E-state index in [2.05, 4.69) is 42.2 Å². The molecule has 1 aromatic heterocycles. The molecule has 3 aromatic rings. The van der Waals surface area contributed by atoms with Gasteiger partial charge in [-0.1, -0.05) is 30.3 Å². The Balaban J connectivity index is 0.00000408. The smallest absolute Gasteiger partial charge is 0.412 e. The minimum atomic E-state index is -0.526. The second-order valence-electron chi connectivity index (χ2n) is 8.46. The topological polar surface area (TPSA) is 116 Å². The van der Waals surface area contributed by atoms with E-state index in [1.54, 1.807) is 7.05 Å². The van der Waals surface area contributed by atoms with Crippen molar-refractivity contribution < 1.29 is 9.53 Å². The molecule has 0 bridgehead atoms. The lowest BCUT2D eigenvalue weighted by Gasteiger charge is -2.19. The van der Waals surface area contributed by atoms with Crippen LogP contribution < -0.4 is 16.0 Å². The third kappa shape index (κ3) is 9.00. The Hall–Kier alpha value is -3.15. The minimum Gasteiger partial charge on any atom is -0.444 e. The maximum absolute atomic E-state index is 11.9. The van der Waals surface area contributed by atoms with Crippen LogP contribution in [0.5, 0.6) is 0 Å². The molecule has 9 nitrogen and oxygen atoms in total. The largest absolute Gasteiger partial charge is 0.444 e. The van der Waals surface area contributed by atoms with E-state index in [1.165, 1.54) is 6.33 Å². The second-order valence-corrected chi connectivity index (χ2v) is 8.46. The summed E-state index contributed by atoms with van der Waals surface area (Å²) in [6, 6.07) is 15.8. The minimum absolute atomic E-state index is 0. The molecule has 0 spiro atoms. The van der Waals surface area contributed by atoms with Crippen LogP contribution in [0.3, 0.4) is 0 Å². The Kier molecular flexibility index (Phi) is 10.3. The molecule has 3 rings (SSSR count). The molecule has 0 aliphatic heterocycles. The van der Waals surface area contributed by atoms with Crippen LogP contribution in [0.15, 0.2) is 59.9 Å². The maximum atomic E-state index is 11.9. The van der Waals surface area contributed by atoms with Crippen molar-refractivity contribution in [2.75, 3.05) is 18.9 Å². The fourth-order valence-corrected chi connectivity index (χ4v) is 3.08. The van der Waals surface area contributed by atoms with Crippen LogP contribution in [0.25, 0.3) is 11.4 Å². The second kappa shape index (κ2) is 12.9. The van der Waals surface area contributed by atoms with Crippen molar-refractivity contribution in [1.29, 1.82) is 0 Å². The monoisotopic (exact) mass is 577 g/mol. The summed E-state index contributed by atoms with van der Waals surface area (Å²) in [6.45, 7) is 6.85. The first-order valence-corrected chi connectivity index (χ1v) is 10.8. The van der Waals surface area contributed by atoms with Gasteiger partial charge in [-0.05, 0) is 56.5 Å². The van der Waals surface area contributed by atoms with Crippen LogP contribution in [0.4, 0.5) is 10.5 Å². The van der Waals surface area contributed by atoms with Crippen molar-refractivity contribution in [3.05, 3.63) is 66.0 Å². The van der Waals surface area contributed by atoms with E-state index < -0.39 is 11.7 Å². The number of benzene rings is 2. The third-order valence-electron chi connectivity index (χ3n) is 4.60. The number of ether oxygens (including phenoxy) is 1. The van der Waals surface area contributed by atoms with Crippen LogP contribution in [0, 0.1) is 0 Å². The van der Waals surface area contributed by atoms with Gasteiger partial charge in [0.1, 0.15) is 11.9 Å². The summed E-state index contributed by atoms with van der Waals surface area (Å²) in [4.78, 5) is 20.3. The predicted octanol–water partition coefficient (Wildman–Crippen LogP) is 4.34. The molecule has 0 fully saturated rings. The Bertz CT molecular complexity index is 1060. The number of aromatic nitrogens is 3. The molecule has 2 aromatic carbocycles. The van der Waals surface area contributed by atoms with Crippen molar-refractivity contribution in [2.45, 2.75) is 39.3 Å². The van der Waals surface area contributed by atoms with Crippen molar-refractivity contribution in [3.63, 3.8) is 0 Å².